The lowest BCUT2D eigenvalue weighted by atomic mass is 9.93. The molecule has 1 N–H and O–H groups in total. The van der Waals surface area contributed by atoms with Gasteiger partial charge in [-0.15, -0.1) is 0 Å². The van der Waals surface area contributed by atoms with Crippen LogP contribution in [0.25, 0.3) is 0 Å². The molecular formula is C13H18BrNO2. The molecule has 0 saturated carbocycles. The van der Waals surface area contributed by atoms with Gasteiger partial charge < -0.3 is 14.8 Å². The average Bonchev–Trinajstić information content (AvgIpc) is 2.84. The Labute approximate surface area is 111 Å². The van der Waals surface area contributed by atoms with Crippen LogP contribution in [0, 0.1) is 0 Å². The Kier molecular flexibility index (Phi) is 4.42. The lowest BCUT2D eigenvalue weighted by Crippen LogP contribution is -2.10. The van der Waals surface area contributed by atoms with Crippen molar-refractivity contribution in [2.24, 2.45) is 0 Å². The molecule has 1 heterocycles. The second-order valence-electron chi connectivity index (χ2n) is 4.31. The van der Waals surface area contributed by atoms with Gasteiger partial charge in [-0.2, -0.15) is 0 Å². The lowest BCUT2D eigenvalue weighted by Gasteiger charge is -2.17. The molecule has 17 heavy (non-hydrogen) atoms. The van der Waals surface area contributed by atoms with Crippen LogP contribution in [0.1, 0.15) is 23.5 Å². The standard InChI is InChI=1S/C13H18BrNO2/c1-16-8-10-5-13(17-2)12(14)6-11(10)9-3-4-15-7-9/h5-6,9,15H,3-4,7-8H2,1-2H3. The van der Waals surface area contributed by atoms with Crippen LogP contribution in [0.2, 0.25) is 0 Å². The molecule has 1 aromatic carbocycles. The summed E-state index contributed by atoms with van der Waals surface area (Å²) in [6.45, 7) is 2.78. The van der Waals surface area contributed by atoms with Crippen LogP contribution in [0.15, 0.2) is 16.6 Å². The molecule has 0 amide bonds. The number of rotatable bonds is 4. The van der Waals surface area contributed by atoms with Crippen molar-refractivity contribution < 1.29 is 9.47 Å². The summed E-state index contributed by atoms with van der Waals surface area (Å²) in [7, 11) is 3.42. The molecule has 4 heteroatoms. The third-order valence-electron chi connectivity index (χ3n) is 3.21. The maximum atomic E-state index is 5.33. The van der Waals surface area contributed by atoms with Crippen LogP contribution in [-0.4, -0.2) is 27.3 Å². The van der Waals surface area contributed by atoms with Gasteiger partial charge in [0.25, 0.3) is 0 Å². The SMILES string of the molecule is COCc1cc(OC)c(Br)cc1C1CCNC1. The minimum Gasteiger partial charge on any atom is -0.496 e. The van der Waals surface area contributed by atoms with Crippen LogP contribution >= 0.6 is 15.9 Å². The number of benzene rings is 1. The van der Waals surface area contributed by atoms with E-state index in [1.54, 1.807) is 14.2 Å². The third-order valence-corrected chi connectivity index (χ3v) is 3.83. The highest BCUT2D eigenvalue weighted by molar-refractivity contribution is 9.10. The molecule has 1 unspecified atom stereocenters. The van der Waals surface area contributed by atoms with E-state index in [0.717, 1.165) is 23.3 Å². The van der Waals surface area contributed by atoms with E-state index in [1.165, 1.54) is 17.5 Å². The van der Waals surface area contributed by atoms with Crippen molar-refractivity contribution in [3.63, 3.8) is 0 Å². The van der Waals surface area contributed by atoms with Gasteiger partial charge in [0, 0.05) is 13.7 Å². The zero-order valence-corrected chi connectivity index (χ0v) is 11.8. The number of hydrogen-bond acceptors (Lipinski definition) is 3. The Hall–Kier alpha value is -0.580. The summed E-state index contributed by atoms with van der Waals surface area (Å²) in [4.78, 5) is 0. The molecule has 0 bridgehead atoms. The number of ether oxygens (including phenoxy) is 2. The second kappa shape index (κ2) is 5.85. The van der Waals surface area contributed by atoms with Crippen molar-refractivity contribution in [3.05, 3.63) is 27.7 Å². The van der Waals surface area contributed by atoms with Gasteiger partial charge in [-0.1, -0.05) is 0 Å². The Morgan fingerprint density at radius 1 is 1.41 bits per heavy atom. The first-order valence-electron chi connectivity index (χ1n) is 5.82. The molecule has 1 saturated heterocycles. The number of nitrogens with one attached hydrogen (secondary N) is 1. The van der Waals surface area contributed by atoms with Crippen molar-refractivity contribution in [2.75, 3.05) is 27.3 Å². The molecule has 1 atom stereocenters. The highest BCUT2D eigenvalue weighted by Crippen LogP contribution is 2.34. The third kappa shape index (κ3) is 2.81. The van der Waals surface area contributed by atoms with Gasteiger partial charge in [0.15, 0.2) is 0 Å². The number of hydrogen-bond donors (Lipinski definition) is 1. The summed E-state index contributed by atoms with van der Waals surface area (Å²) in [6, 6.07) is 4.24. The van der Waals surface area contributed by atoms with E-state index in [-0.39, 0.29) is 0 Å². The Morgan fingerprint density at radius 3 is 2.82 bits per heavy atom. The molecule has 2 rings (SSSR count). The van der Waals surface area contributed by atoms with Gasteiger partial charge in [-0.25, -0.2) is 0 Å². The summed E-state index contributed by atoms with van der Waals surface area (Å²) in [5.74, 6) is 1.45. The van der Waals surface area contributed by atoms with E-state index in [1.807, 2.05) is 0 Å². The number of methoxy groups -OCH3 is 2. The fraction of sp³-hybridized carbons (Fsp3) is 0.538. The van der Waals surface area contributed by atoms with Gasteiger partial charge >= 0.3 is 0 Å². The molecule has 1 fully saturated rings. The highest BCUT2D eigenvalue weighted by Gasteiger charge is 2.21. The van der Waals surface area contributed by atoms with E-state index in [9.17, 15) is 0 Å². The Balaban J connectivity index is 2.37. The van der Waals surface area contributed by atoms with Crippen LogP contribution < -0.4 is 10.1 Å². The van der Waals surface area contributed by atoms with Crippen molar-refractivity contribution in [1.29, 1.82) is 0 Å². The smallest absolute Gasteiger partial charge is 0.133 e. The topological polar surface area (TPSA) is 30.5 Å². The molecule has 1 aliphatic rings. The first-order chi connectivity index (χ1) is 8.26. The fourth-order valence-corrected chi connectivity index (χ4v) is 2.87. The Bertz CT molecular complexity index is 389. The van der Waals surface area contributed by atoms with E-state index in [2.05, 4.69) is 33.4 Å². The molecule has 1 aliphatic heterocycles. The molecule has 0 aromatic heterocycles. The number of halogens is 1. The first-order valence-corrected chi connectivity index (χ1v) is 6.61. The average molecular weight is 300 g/mol. The first kappa shape index (κ1) is 12.9. The summed E-state index contributed by atoms with van der Waals surface area (Å²) in [5.41, 5.74) is 2.59. The predicted molar refractivity (Wildman–Crippen MR) is 71.6 cm³/mol. The van der Waals surface area contributed by atoms with Gasteiger partial charge in [0.1, 0.15) is 5.75 Å². The fourth-order valence-electron chi connectivity index (χ4n) is 2.35. The summed E-state index contributed by atoms with van der Waals surface area (Å²) >= 11 is 3.55. The molecule has 0 aliphatic carbocycles. The van der Waals surface area contributed by atoms with Crippen LogP contribution in [-0.2, 0) is 11.3 Å². The summed E-state index contributed by atoms with van der Waals surface area (Å²) in [6.07, 6.45) is 1.19. The molecule has 1 aromatic rings. The summed E-state index contributed by atoms with van der Waals surface area (Å²) in [5, 5.41) is 3.40. The molecule has 0 radical (unpaired) electrons. The highest BCUT2D eigenvalue weighted by atomic mass is 79.9. The van der Waals surface area contributed by atoms with Crippen molar-refractivity contribution in [2.45, 2.75) is 18.9 Å². The van der Waals surface area contributed by atoms with Crippen molar-refractivity contribution >= 4 is 15.9 Å². The van der Waals surface area contributed by atoms with Crippen molar-refractivity contribution in [1.82, 2.24) is 5.32 Å². The Morgan fingerprint density at radius 2 is 2.24 bits per heavy atom. The van der Waals surface area contributed by atoms with Crippen molar-refractivity contribution in [3.8, 4) is 5.75 Å². The maximum absolute atomic E-state index is 5.33. The largest absolute Gasteiger partial charge is 0.496 e. The predicted octanol–water partition coefficient (Wildman–Crippen LogP) is 2.68. The van der Waals surface area contributed by atoms with Crippen LogP contribution in [0.5, 0.6) is 5.75 Å². The molecule has 0 spiro atoms. The van der Waals surface area contributed by atoms with Gasteiger partial charge in [0.05, 0.1) is 18.2 Å². The van der Waals surface area contributed by atoms with Crippen LogP contribution in [0.4, 0.5) is 0 Å². The maximum Gasteiger partial charge on any atom is 0.133 e. The quantitative estimate of drug-likeness (QED) is 0.927. The normalized spacial score (nSPS) is 19.6. The monoisotopic (exact) mass is 299 g/mol. The van der Waals surface area contributed by atoms with Gasteiger partial charge in [0.2, 0.25) is 0 Å². The van der Waals surface area contributed by atoms with Gasteiger partial charge in [-0.05, 0) is 58.1 Å². The zero-order chi connectivity index (χ0) is 12.3. The van der Waals surface area contributed by atoms with E-state index in [4.69, 9.17) is 9.47 Å². The van der Waals surface area contributed by atoms with Gasteiger partial charge in [-0.3, -0.25) is 0 Å². The molecular weight excluding hydrogens is 282 g/mol. The summed E-state index contributed by atoms with van der Waals surface area (Å²) < 4.78 is 11.6. The van der Waals surface area contributed by atoms with E-state index in [0.29, 0.717) is 12.5 Å². The van der Waals surface area contributed by atoms with E-state index < -0.39 is 0 Å². The zero-order valence-electron chi connectivity index (χ0n) is 10.3. The van der Waals surface area contributed by atoms with Crippen LogP contribution in [0.3, 0.4) is 0 Å². The molecule has 94 valence electrons. The lowest BCUT2D eigenvalue weighted by molar-refractivity contribution is 0.183. The second-order valence-corrected chi connectivity index (χ2v) is 5.16. The van der Waals surface area contributed by atoms with E-state index >= 15 is 0 Å². The minimum atomic E-state index is 0.586. The minimum absolute atomic E-state index is 0.586. The molecule has 3 nitrogen and oxygen atoms in total.